The van der Waals surface area contributed by atoms with Crippen LogP contribution in [0, 0.1) is 11.3 Å². The smallest absolute Gasteiger partial charge is 0.260 e. The Morgan fingerprint density at radius 1 is 1.14 bits per heavy atom. The molecule has 102 valence electrons. The summed E-state index contributed by atoms with van der Waals surface area (Å²) in [5, 5.41) is 23.0. The molecule has 2 N–H and O–H groups in total. The lowest BCUT2D eigenvalue weighted by Crippen LogP contribution is -2.11. The minimum atomic E-state index is -0.434. The topological polar surface area (TPSA) is 73.1 Å². The molecule has 0 aliphatic rings. The van der Waals surface area contributed by atoms with Crippen molar-refractivity contribution in [2.75, 3.05) is 5.32 Å². The first-order valence-corrected chi connectivity index (χ1v) is 7.03. The molecule has 0 atom stereocenters. The zero-order chi connectivity index (χ0) is 14.8. The first kappa shape index (κ1) is 13.2. The number of amides is 1. The van der Waals surface area contributed by atoms with Crippen molar-refractivity contribution >= 4 is 32.3 Å². The van der Waals surface area contributed by atoms with E-state index in [2.05, 4.69) is 11.4 Å². The van der Waals surface area contributed by atoms with E-state index in [9.17, 15) is 15.2 Å². The lowest BCUT2D eigenvalue weighted by molar-refractivity contribution is 0.102. The Balaban J connectivity index is 2.01. The maximum Gasteiger partial charge on any atom is 0.260 e. The highest BCUT2D eigenvalue weighted by molar-refractivity contribution is 7.23. The number of nitriles is 1. The van der Waals surface area contributed by atoms with Crippen LogP contribution in [0.25, 0.3) is 10.1 Å². The number of phenols is 1. The molecular formula is C16H10N2O2S. The Kier molecular flexibility index (Phi) is 3.30. The van der Waals surface area contributed by atoms with E-state index in [1.54, 1.807) is 12.1 Å². The number of nitrogens with one attached hydrogen (secondary N) is 1. The van der Waals surface area contributed by atoms with Crippen LogP contribution in [0.5, 0.6) is 5.75 Å². The average Bonchev–Trinajstić information content (AvgIpc) is 2.84. The molecule has 0 aliphatic heterocycles. The molecule has 1 aromatic heterocycles. The summed E-state index contributed by atoms with van der Waals surface area (Å²) in [6.07, 6.45) is 0. The summed E-state index contributed by atoms with van der Waals surface area (Å²) in [5.41, 5.74) is 0.623. The fraction of sp³-hybridized carbons (Fsp3) is 0. The van der Waals surface area contributed by atoms with Crippen molar-refractivity contribution in [1.29, 1.82) is 5.26 Å². The third-order valence-corrected chi connectivity index (χ3v) is 4.17. The van der Waals surface area contributed by atoms with Crippen LogP contribution >= 0.6 is 11.3 Å². The largest absolute Gasteiger partial charge is 0.507 e. The number of phenolic OH excluding ortho intramolecular Hbond substituents is 1. The Labute approximate surface area is 124 Å². The second kappa shape index (κ2) is 5.27. The number of nitrogens with zero attached hydrogens (tertiary/aromatic N) is 1. The second-order valence-electron chi connectivity index (χ2n) is 4.39. The normalized spacial score (nSPS) is 10.2. The first-order valence-electron chi connectivity index (χ1n) is 6.21. The molecule has 0 saturated heterocycles. The van der Waals surface area contributed by atoms with E-state index < -0.39 is 5.91 Å². The van der Waals surface area contributed by atoms with Crippen LogP contribution in [0.15, 0.2) is 48.5 Å². The van der Waals surface area contributed by atoms with E-state index in [0.717, 1.165) is 10.1 Å². The lowest BCUT2D eigenvalue weighted by atomic mass is 10.1. The van der Waals surface area contributed by atoms with Gasteiger partial charge in [0.15, 0.2) is 0 Å². The molecule has 1 amide bonds. The fourth-order valence-electron chi connectivity index (χ4n) is 2.08. The van der Waals surface area contributed by atoms with Gasteiger partial charge >= 0.3 is 0 Å². The van der Waals surface area contributed by atoms with E-state index in [1.165, 1.54) is 23.5 Å². The second-order valence-corrected chi connectivity index (χ2v) is 5.44. The number of para-hydroxylation sites is 1. The van der Waals surface area contributed by atoms with Gasteiger partial charge in [-0.2, -0.15) is 5.26 Å². The Hall–Kier alpha value is -2.84. The molecule has 3 aromatic rings. The van der Waals surface area contributed by atoms with Crippen molar-refractivity contribution in [3.05, 3.63) is 59.7 Å². The van der Waals surface area contributed by atoms with E-state index >= 15 is 0 Å². The van der Waals surface area contributed by atoms with E-state index in [0.29, 0.717) is 10.6 Å². The van der Waals surface area contributed by atoms with Gasteiger partial charge in [0.2, 0.25) is 0 Å². The van der Waals surface area contributed by atoms with E-state index in [4.69, 9.17) is 0 Å². The van der Waals surface area contributed by atoms with Gasteiger partial charge in [0.1, 0.15) is 16.8 Å². The summed E-state index contributed by atoms with van der Waals surface area (Å²) in [5.74, 6) is -0.522. The number of carbonyl (C=O) groups excluding carboxylic acids is 1. The number of benzene rings is 2. The summed E-state index contributed by atoms with van der Waals surface area (Å²) in [4.78, 5) is 12.2. The number of aromatic hydroxyl groups is 1. The molecule has 0 aliphatic carbocycles. The van der Waals surface area contributed by atoms with Gasteiger partial charge in [0.25, 0.3) is 5.91 Å². The molecule has 0 fully saturated rings. The third kappa shape index (κ3) is 2.33. The minimum Gasteiger partial charge on any atom is -0.507 e. The van der Waals surface area contributed by atoms with Crippen LogP contribution in [-0.4, -0.2) is 11.0 Å². The molecule has 2 aromatic carbocycles. The Bertz CT molecular complexity index is 877. The van der Waals surface area contributed by atoms with Crippen LogP contribution < -0.4 is 5.32 Å². The van der Waals surface area contributed by atoms with Crippen LogP contribution in [0.1, 0.15) is 15.9 Å². The molecule has 4 nitrogen and oxygen atoms in total. The zero-order valence-electron chi connectivity index (χ0n) is 10.8. The number of carbonyl (C=O) groups is 1. The summed E-state index contributed by atoms with van der Waals surface area (Å²) < 4.78 is 0.932. The van der Waals surface area contributed by atoms with E-state index in [-0.39, 0.29) is 11.3 Å². The summed E-state index contributed by atoms with van der Waals surface area (Å²) >= 11 is 1.34. The summed E-state index contributed by atoms with van der Waals surface area (Å²) in [6, 6.07) is 15.9. The summed E-state index contributed by atoms with van der Waals surface area (Å²) in [6.45, 7) is 0. The quantitative estimate of drug-likeness (QED) is 0.756. The molecule has 0 radical (unpaired) electrons. The standard InChI is InChI=1S/C16H10N2O2S/c17-9-12-10-5-2-4-8-14(10)21-16(12)18-15(20)11-6-1-3-7-13(11)19/h1-8,19H,(H,18,20). The number of fused-ring (bicyclic) bond motifs is 1. The molecule has 1 heterocycles. The highest BCUT2D eigenvalue weighted by atomic mass is 32.1. The molecule has 0 spiro atoms. The molecule has 3 rings (SSSR count). The van der Waals surface area contributed by atoms with Gasteiger partial charge in [-0.15, -0.1) is 11.3 Å². The molecular weight excluding hydrogens is 284 g/mol. The lowest BCUT2D eigenvalue weighted by Gasteiger charge is -2.04. The molecule has 0 unspecified atom stereocenters. The van der Waals surface area contributed by atoms with Gasteiger partial charge in [0.05, 0.1) is 11.1 Å². The highest BCUT2D eigenvalue weighted by Gasteiger charge is 2.16. The molecule has 5 heteroatoms. The van der Waals surface area contributed by atoms with Gasteiger partial charge in [-0.1, -0.05) is 30.3 Å². The monoisotopic (exact) mass is 294 g/mol. The minimum absolute atomic E-state index is 0.0883. The Morgan fingerprint density at radius 2 is 1.86 bits per heavy atom. The first-order chi connectivity index (χ1) is 10.2. The van der Waals surface area contributed by atoms with Crippen molar-refractivity contribution in [1.82, 2.24) is 0 Å². The van der Waals surface area contributed by atoms with Crippen LogP contribution in [-0.2, 0) is 0 Å². The van der Waals surface area contributed by atoms with Crippen LogP contribution in [0.3, 0.4) is 0 Å². The fourth-order valence-corrected chi connectivity index (χ4v) is 3.13. The van der Waals surface area contributed by atoms with Crippen molar-refractivity contribution in [3.63, 3.8) is 0 Å². The number of anilines is 1. The maximum atomic E-state index is 12.2. The number of hydrogen-bond donors (Lipinski definition) is 2. The highest BCUT2D eigenvalue weighted by Crippen LogP contribution is 2.35. The van der Waals surface area contributed by atoms with Crippen molar-refractivity contribution < 1.29 is 9.90 Å². The Morgan fingerprint density at radius 3 is 2.62 bits per heavy atom. The van der Waals surface area contributed by atoms with E-state index in [1.807, 2.05) is 24.3 Å². The molecule has 0 bridgehead atoms. The van der Waals surface area contributed by atoms with Gasteiger partial charge in [-0.25, -0.2) is 0 Å². The van der Waals surface area contributed by atoms with Gasteiger partial charge < -0.3 is 10.4 Å². The maximum absolute atomic E-state index is 12.2. The zero-order valence-corrected chi connectivity index (χ0v) is 11.6. The number of rotatable bonds is 2. The predicted molar refractivity (Wildman–Crippen MR) is 82.6 cm³/mol. The SMILES string of the molecule is N#Cc1c(NC(=O)c2ccccc2O)sc2ccccc12. The van der Waals surface area contributed by atoms with Crippen LogP contribution in [0.4, 0.5) is 5.00 Å². The van der Waals surface area contributed by atoms with Crippen molar-refractivity contribution in [3.8, 4) is 11.8 Å². The predicted octanol–water partition coefficient (Wildman–Crippen LogP) is 3.73. The third-order valence-electron chi connectivity index (χ3n) is 3.08. The number of thiophene rings is 1. The van der Waals surface area contributed by atoms with Crippen molar-refractivity contribution in [2.24, 2.45) is 0 Å². The van der Waals surface area contributed by atoms with Crippen molar-refractivity contribution in [2.45, 2.75) is 0 Å². The van der Waals surface area contributed by atoms with Gasteiger partial charge in [-0.05, 0) is 18.2 Å². The summed E-state index contributed by atoms with van der Waals surface area (Å²) in [7, 11) is 0. The number of hydrogen-bond acceptors (Lipinski definition) is 4. The average molecular weight is 294 g/mol. The molecule has 21 heavy (non-hydrogen) atoms. The van der Waals surface area contributed by atoms with Gasteiger partial charge in [0, 0.05) is 10.1 Å². The van der Waals surface area contributed by atoms with Crippen LogP contribution in [0.2, 0.25) is 0 Å². The van der Waals surface area contributed by atoms with Gasteiger partial charge in [-0.3, -0.25) is 4.79 Å². The molecule has 0 saturated carbocycles.